The topological polar surface area (TPSA) is 102 Å². The smallest absolute Gasteiger partial charge is 0.310 e. The molecule has 2 fully saturated rings. The van der Waals surface area contributed by atoms with Gasteiger partial charge in [0.15, 0.2) is 5.82 Å². The lowest BCUT2D eigenvalue weighted by Gasteiger charge is -2.38. The van der Waals surface area contributed by atoms with Crippen LogP contribution in [0.1, 0.15) is 38.4 Å². The first kappa shape index (κ1) is 21.3. The Bertz CT molecular complexity index is 913. The molecule has 4 rings (SSSR count). The zero-order valence-corrected chi connectivity index (χ0v) is 18.1. The van der Waals surface area contributed by atoms with Crippen LogP contribution in [0.15, 0.2) is 22.9 Å². The number of pyridine rings is 1. The Labute approximate surface area is 181 Å². The van der Waals surface area contributed by atoms with E-state index < -0.39 is 0 Å². The molecule has 2 aromatic heterocycles. The van der Waals surface area contributed by atoms with Gasteiger partial charge in [-0.15, -0.1) is 0 Å². The Morgan fingerprint density at radius 2 is 1.97 bits per heavy atom. The van der Waals surface area contributed by atoms with E-state index in [0.29, 0.717) is 38.0 Å². The van der Waals surface area contributed by atoms with E-state index in [4.69, 9.17) is 9.26 Å². The molecule has 0 aromatic carbocycles. The van der Waals surface area contributed by atoms with Crippen LogP contribution in [0.25, 0.3) is 11.5 Å². The van der Waals surface area contributed by atoms with Gasteiger partial charge in [-0.2, -0.15) is 4.98 Å². The highest BCUT2D eigenvalue weighted by molar-refractivity contribution is 5.81. The lowest BCUT2D eigenvalue weighted by molar-refractivity contribution is -0.152. The molecule has 1 amide bonds. The molecule has 0 saturated carbocycles. The number of aromatic nitrogens is 3. The molecule has 0 bridgehead atoms. The number of hydrogen-bond acceptors (Lipinski definition) is 8. The van der Waals surface area contributed by atoms with E-state index in [1.165, 1.54) is 0 Å². The van der Waals surface area contributed by atoms with Crippen LogP contribution in [0.4, 0.5) is 5.82 Å². The summed E-state index contributed by atoms with van der Waals surface area (Å²) in [5.41, 5.74) is 0.771. The van der Waals surface area contributed by atoms with Crippen molar-refractivity contribution in [2.75, 3.05) is 37.7 Å². The van der Waals surface area contributed by atoms with Crippen molar-refractivity contribution in [1.29, 1.82) is 0 Å². The third kappa shape index (κ3) is 4.86. The summed E-state index contributed by atoms with van der Waals surface area (Å²) in [6, 6.07) is 3.84. The quantitative estimate of drug-likeness (QED) is 0.671. The van der Waals surface area contributed by atoms with Crippen molar-refractivity contribution in [3.05, 3.63) is 24.2 Å². The fourth-order valence-electron chi connectivity index (χ4n) is 4.39. The molecule has 4 heterocycles. The lowest BCUT2D eigenvalue weighted by atomic mass is 9.93. The predicted molar refractivity (Wildman–Crippen MR) is 113 cm³/mol. The largest absolute Gasteiger partial charge is 0.466 e. The molecular formula is C22H29N5O4. The molecular weight excluding hydrogens is 398 g/mol. The summed E-state index contributed by atoms with van der Waals surface area (Å²) in [7, 11) is 0. The molecule has 2 aromatic rings. The number of carbonyl (C=O) groups is 2. The summed E-state index contributed by atoms with van der Waals surface area (Å²) in [6.07, 6.45) is 5.13. The minimum Gasteiger partial charge on any atom is -0.466 e. The average molecular weight is 428 g/mol. The van der Waals surface area contributed by atoms with Crippen molar-refractivity contribution >= 4 is 17.7 Å². The monoisotopic (exact) mass is 427 g/mol. The Morgan fingerprint density at radius 1 is 1.16 bits per heavy atom. The van der Waals surface area contributed by atoms with Crippen molar-refractivity contribution in [2.45, 2.75) is 39.5 Å². The molecule has 2 saturated heterocycles. The maximum atomic E-state index is 13.2. The van der Waals surface area contributed by atoms with Gasteiger partial charge in [-0.3, -0.25) is 9.59 Å². The molecule has 0 aliphatic carbocycles. The van der Waals surface area contributed by atoms with Crippen molar-refractivity contribution in [3.8, 4) is 11.5 Å². The molecule has 0 spiro atoms. The second kappa shape index (κ2) is 9.45. The van der Waals surface area contributed by atoms with Gasteiger partial charge >= 0.3 is 5.97 Å². The van der Waals surface area contributed by atoms with E-state index in [0.717, 1.165) is 43.6 Å². The minimum atomic E-state index is -0.208. The third-order valence-corrected chi connectivity index (χ3v) is 5.97. The number of hydrogen-bond donors (Lipinski definition) is 0. The van der Waals surface area contributed by atoms with Crippen LogP contribution in [0.3, 0.4) is 0 Å². The Balaban J connectivity index is 1.39. The van der Waals surface area contributed by atoms with E-state index in [9.17, 15) is 9.59 Å². The van der Waals surface area contributed by atoms with E-state index >= 15 is 0 Å². The van der Waals surface area contributed by atoms with E-state index in [1.54, 1.807) is 13.1 Å². The summed E-state index contributed by atoms with van der Waals surface area (Å²) in [5.74, 6) is 1.52. The van der Waals surface area contributed by atoms with Crippen LogP contribution in [-0.4, -0.2) is 64.7 Å². The number of carbonyl (C=O) groups excluding carboxylic acids is 2. The second-order valence-electron chi connectivity index (χ2n) is 8.21. The van der Waals surface area contributed by atoms with Crippen molar-refractivity contribution in [3.63, 3.8) is 0 Å². The van der Waals surface area contributed by atoms with Crippen LogP contribution >= 0.6 is 0 Å². The molecule has 9 nitrogen and oxygen atoms in total. The van der Waals surface area contributed by atoms with Crippen molar-refractivity contribution in [2.24, 2.45) is 11.8 Å². The Hall–Kier alpha value is -2.97. The molecule has 9 heteroatoms. The normalized spacial score (nSPS) is 21.7. The average Bonchev–Trinajstić information content (AvgIpc) is 3.25. The third-order valence-electron chi connectivity index (χ3n) is 5.97. The molecule has 31 heavy (non-hydrogen) atoms. The number of rotatable bonds is 5. The highest BCUT2D eigenvalue weighted by Gasteiger charge is 2.34. The van der Waals surface area contributed by atoms with Gasteiger partial charge in [-0.1, -0.05) is 5.16 Å². The number of ether oxygens (including phenoxy) is 1. The molecule has 166 valence electrons. The van der Waals surface area contributed by atoms with Crippen LogP contribution in [0.5, 0.6) is 0 Å². The van der Waals surface area contributed by atoms with Gasteiger partial charge in [0.05, 0.1) is 24.0 Å². The predicted octanol–water partition coefficient (Wildman–Crippen LogP) is 2.46. The highest BCUT2D eigenvalue weighted by Crippen LogP contribution is 2.27. The van der Waals surface area contributed by atoms with Crippen LogP contribution < -0.4 is 4.90 Å². The van der Waals surface area contributed by atoms with Gasteiger partial charge < -0.3 is 19.1 Å². The minimum absolute atomic E-state index is 0.0882. The maximum Gasteiger partial charge on any atom is 0.310 e. The van der Waals surface area contributed by atoms with Crippen molar-refractivity contribution < 1.29 is 18.8 Å². The van der Waals surface area contributed by atoms with Gasteiger partial charge in [0, 0.05) is 32.4 Å². The number of aryl methyl sites for hydroxylation is 1. The Morgan fingerprint density at radius 3 is 2.68 bits per heavy atom. The van der Waals surface area contributed by atoms with Gasteiger partial charge in [0.2, 0.25) is 5.91 Å². The summed E-state index contributed by atoms with van der Waals surface area (Å²) in [5, 5.41) is 3.81. The SMILES string of the molecule is CCOC(=O)[C@H]1CCCN(C(=O)[C@H]2CCCN(c3ccc(-c4nc(C)no4)cn3)C2)C1. The molecule has 2 aliphatic heterocycles. The van der Waals surface area contributed by atoms with Gasteiger partial charge in [-0.25, -0.2) is 4.98 Å². The zero-order valence-electron chi connectivity index (χ0n) is 18.1. The van der Waals surface area contributed by atoms with Crippen LogP contribution in [0, 0.1) is 18.8 Å². The summed E-state index contributed by atoms with van der Waals surface area (Å²) in [6.45, 7) is 6.62. The highest BCUT2D eigenvalue weighted by atomic mass is 16.5. The number of anilines is 1. The number of nitrogens with zero attached hydrogens (tertiary/aromatic N) is 5. The first-order chi connectivity index (χ1) is 15.0. The van der Waals surface area contributed by atoms with E-state index in [2.05, 4.69) is 20.0 Å². The maximum absolute atomic E-state index is 13.2. The van der Waals surface area contributed by atoms with Gasteiger partial charge in [-0.05, 0) is 51.7 Å². The number of piperidine rings is 2. The van der Waals surface area contributed by atoms with Gasteiger partial charge in [0.1, 0.15) is 5.82 Å². The summed E-state index contributed by atoms with van der Waals surface area (Å²) in [4.78, 5) is 38.1. The zero-order chi connectivity index (χ0) is 21.8. The molecule has 0 N–H and O–H groups in total. The van der Waals surface area contributed by atoms with E-state index in [1.807, 2.05) is 24.0 Å². The summed E-state index contributed by atoms with van der Waals surface area (Å²) < 4.78 is 10.4. The first-order valence-electron chi connectivity index (χ1n) is 11.0. The molecule has 0 radical (unpaired) electrons. The number of amides is 1. The van der Waals surface area contributed by atoms with Gasteiger partial charge in [0.25, 0.3) is 5.89 Å². The number of esters is 1. The Kier molecular flexibility index (Phi) is 6.48. The second-order valence-corrected chi connectivity index (χ2v) is 8.21. The molecule has 2 aliphatic rings. The van der Waals surface area contributed by atoms with Crippen LogP contribution in [0.2, 0.25) is 0 Å². The van der Waals surface area contributed by atoms with E-state index in [-0.39, 0.29) is 23.7 Å². The first-order valence-corrected chi connectivity index (χ1v) is 11.0. The van der Waals surface area contributed by atoms with Crippen LogP contribution in [-0.2, 0) is 14.3 Å². The molecule has 0 unspecified atom stereocenters. The standard InChI is InChI=1S/C22H29N5O4/c1-3-30-22(29)18-7-5-11-27(14-18)21(28)17-6-4-10-26(13-17)19-9-8-16(12-23-19)20-24-15(2)25-31-20/h8-9,12,17-18H,3-7,10-11,13-14H2,1-2H3/t17-,18-/m0/s1. The summed E-state index contributed by atoms with van der Waals surface area (Å²) >= 11 is 0. The fourth-order valence-corrected chi connectivity index (χ4v) is 4.39. The molecule has 2 atom stereocenters. The fraction of sp³-hybridized carbons (Fsp3) is 0.591. The number of likely N-dealkylation sites (tertiary alicyclic amines) is 1. The van der Waals surface area contributed by atoms with Crippen molar-refractivity contribution in [1.82, 2.24) is 20.0 Å². The lowest BCUT2D eigenvalue weighted by Crippen LogP contribution is -2.49.